The lowest BCUT2D eigenvalue weighted by Crippen LogP contribution is -2.39. The smallest absolute Gasteiger partial charge is 0.273 e. The average molecular weight is 331 g/mol. The number of benzene rings is 1. The second kappa shape index (κ2) is 6.02. The molecule has 0 spiro atoms. The van der Waals surface area contributed by atoms with Gasteiger partial charge in [0.15, 0.2) is 0 Å². The number of thiazole rings is 1. The SMILES string of the molecule is O=C(c1csc(-c2ccc(F)cc2)n1)N1CCC2CCC(C1)N2. The first-order valence-corrected chi connectivity index (χ1v) is 8.84. The van der Waals surface area contributed by atoms with Crippen molar-refractivity contribution >= 4 is 17.2 Å². The van der Waals surface area contributed by atoms with Crippen LogP contribution < -0.4 is 5.32 Å². The molecule has 1 aromatic heterocycles. The van der Waals surface area contributed by atoms with Gasteiger partial charge in [0.1, 0.15) is 16.5 Å². The molecule has 2 aliphatic heterocycles. The number of hydrogen-bond acceptors (Lipinski definition) is 4. The molecule has 2 unspecified atom stereocenters. The van der Waals surface area contributed by atoms with Gasteiger partial charge < -0.3 is 10.2 Å². The van der Waals surface area contributed by atoms with Gasteiger partial charge in [0.25, 0.3) is 5.91 Å². The zero-order chi connectivity index (χ0) is 15.8. The summed E-state index contributed by atoms with van der Waals surface area (Å²) < 4.78 is 13.0. The molecule has 2 aromatic rings. The molecule has 23 heavy (non-hydrogen) atoms. The third-order valence-electron chi connectivity index (χ3n) is 4.62. The van der Waals surface area contributed by atoms with Crippen LogP contribution in [0.25, 0.3) is 10.6 Å². The van der Waals surface area contributed by atoms with Crippen LogP contribution in [0.1, 0.15) is 29.8 Å². The Hall–Kier alpha value is -1.79. The van der Waals surface area contributed by atoms with Crippen molar-refractivity contribution < 1.29 is 9.18 Å². The van der Waals surface area contributed by atoms with E-state index in [-0.39, 0.29) is 11.7 Å². The Kier molecular flexibility index (Phi) is 3.87. The molecule has 2 fully saturated rings. The van der Waals surface area contributed by atoms with E-state index in [1.54, 1.807) is 17.5 Å². The van der Waals surface area contributed by atoms with Crippen LogP contribution in [0.15, 0.2) is 29.6 Å². The minimum Gasteiger partial charge on any atom is -0.336 e. The van der Waals surface area contributed by atoms with Gasteiger partial charge in [0.05, 0.1) is 0 Å². The van der Waals surface area contributed by atoms with Gasteiger partial charge in [-0.2, -0.15) is 0 Å². The molecule has 1 aromatic carbocycles. The minimum absolute atomic E-state index is 0.00367. The summed E-state index contributed by atoms with van der Waals surface area (Å²) in [6, 6.07) is 7.18. The number of fused-ring (bicyclic) bond motifs is 2. The maximum atomic E-state index is 13.0. The summed E-state index contributed by atoms with van der Waals surface area (Å²) >= 11 is 1.42. The molecule has 2 bridgehead atoms. The number of amides is 1. The Balaban J connectivity index is 1.51. The van der Waals surface area contributed by atoms with Crippen LogP contribution in [0.4, 0.5) is 4.39 Å². The molecule has 6 heteroatoms. The lowest BCUT2D eigenvalue weighted by atomic mass is 10.1. The number of hydrogen-bond donors (Lipinski definition) is 1. The van der Waals surface area contributed by atoms with Crippen LogP contribution in [-0.4, -0.2) is 41.0 Å². The molecule has 2 saturated heterocycles. The first kappa shape index (κ1) is 14.8. The molecule has 120 valence electrons. The van der Waals surface area contributed by atoms with Crippen molar-refractivity contribution in [3.8, 4) is 10.6 Å². The number of rotatable bonds is 2. The van der Waals surface area contributed by atoms with Crippen LogP contribution in [0.2, 0.25) is 0 Å². The van der Waals surface area contributed by atoms with Gasteiger partial charge in [-0.1, -0.05) is 0 Å². The van der Waals surface area contributed by atoms with E-state index in [1.165, 1.54) is 29.9 Å². The first-order valence-electron chi connectivity index (χ1n) is 7.96. The summed E-state index contributed by atoms with van der Waals surface area (Å²) in [4.78, 5) is 19.1. The number of halogens is 1. The highest BCUT2D eigenvalue weighted by Gasteiger charge is 2.32. The molecular weight excluding hydrogens is 313 g/mol. The van der Waals surface area contributed by atoms with Crippen molar-refractivity contribution in [2.45, 2.75) is 31.3 Å². The summed E-state index contributed by atoms with van der Waals surface area (Å²) in [5.74, 6) is -0.266. The molecule has 2 atom stereocenters. The fraction of sp³-hybridized carbons (Fsp3) is 0.412. The number of nitrogens with zero attached hydrogens (tertiary/aromatic N) is 2. The molecule has 1 N–H and O–H groups in total. The van der Waals surface area contributed by atoms with E-state index in [2.05, 4.69) is 10.3 Å². The lowest BCUT2D eigenvalue weighted by Gasteiger charge is -2.23. The lowest BCUT2D eigenvalue weighted by molar-refractivity contribution is 0.0743. The third-order valence-corrected chi connectivity index (χ3v) is 5.52. The quantitative estimate of drug-likeness (QED) is 0.920. The normalized spacial score (nSPS) is 23.8. The van der Waals surface area contributed by atoms with E-state index >= 15 is 0 Å². The molecule has 3 heterocycles. The van der Waals surface area contributed by atoms with Crippen molar-refractivity contribution in [3.05, 3.63) is 41.2 Å². The molecule has 1 amide bonds. The Morgan fingerprint density at radius 3 is 2.83 bits per heavy atom. The molecule has 4 rings (SSSR count). The number of carbonyl (C=O) groups is 1. The van der Waals surface area contributed by atoms with Gasteiger partial charge in [0, 0.05) is 36.1 Å². The van der Waals surface area contributed by atoms with Gasteiger partial charge in [-0.05, 0) is 43.5 Å². The number of aromatic nitrogens is 1. The van der Waals surface area contributed by atoms with Crippen molar-refractivity contribution in [2.75, 3.05) is 13.1 Å². The third kappa shape index (κ3) is 3.01. The summed E-state index contributed by atoms with van der Waals surface area (Å²) in [7, 11) is 0. The standard InChI is InChI=1S/C17H18FN3OS/c18-12-3-1-11(2-4-12)16-20-15(10-23-16)17(22)21-8-7-13-5-6-14(9-21)19-13/h1-4,10,13-14,19H,5-9H2. The maximum absolute atomic E-state index is 13.0. The zero-order valence-electron chi connectivity index (χ0n) is 12.7. The van der Waals surface area contributed by atoms with E-state index < -0.39 is 0 Å². The number of carbonyl (C=O) groups excluding carboxylic acids is 1. The van der Waals surface area contributed by atoms with Gasteiger partial charge >= 0.3 is 0 Å². The largest absolute Gasteiger partial charge is 0.336 e. The van der Waals surface area contributed by atoms with Crippen LogP contribution >= 0.6 is 11.3 Å². The highest BCUT2D eigenvalue weighted by Crippen LogP contribution is 2.26. The fourth-order valence-corrected chi connectivity index (χ4v) is 4.19. The van der Waals surface area contributed by atoms with E-state index in [4.69, 9.17) is 0 Å². The Labute approximate surface area is 138 Å². The van der Waals surface area contributed by atoms with Crippen LogP contribution in [0, 0.1) is 5.82 Å². The molecule has 0 saturated carbocycles. The van der Waals surface area contributed by atoms with Crippen LogP contribution in [0.5, 0.6) is 0 Å². The molecule has 4 nitrogen and oxygen atoms in total. The highest BCUT2D eigenvalue weighted by molar-refractivity contribution is 7.13. The predicted molar refractivity (Wildman–Crippen MR) is 88.0 cm³/mol. The van der Waals surface area contributed by atoms with E-state index in [9.17, 15) is 9.18 Å². The molecule has 2 aliphatic rings. The number of likely N-dealkylation sites (tertiary alicyclic amines) is 1. The monoisotopic (exact) mass is 331 g/mol. The van der Waals surface area contributed by atoms with Gasteiger partial charge in [-0.25, -0.2) is 9.37 Å². The average Bonchev–Trinajstić information content (AvgIpc) is 3.14. The van der Waals surface area contributed by atoms with E-state index in [0.29, 0.717) is 17.8 Å². The van der Waals surface area contributed by atoms with Gasteiger partial charge in [-0.3, -0.25) is 4.79 Å². The van der Waals surface area contributed by atoms with Gasteiger partial charge in [-0.15, -0.1) is 11.3 Å². The van der Waals surface area contributed by atoms with Gasteiger partial charge in [0.2, 0.25) is 0 Å². The summed E-state index contributed by atoms with van der Waals surface area (Å²) in [5, 5.41) is 6.13. The molecule has 0 aliphatic carbocycles. The predicted octanol–water partition coefficient (Wildman–Crippen LogP) is 2.92. The minimum atomic E-state index is -0.270. The van der Waals surface area contributed by atoms with Crippen molar-refractivity contribution in [1.82, 2.24) is 15.2 Å². The Morgan fingerprint density at radius 2 is 2.00 bits per heavy atom. The zero-order valence-corrected chi connectivity index (χ0v) is 13.5. The summed E-state index contributed by atoms with van der Waals surface area (Å²) in [5.41, 5.74) is 1.33. The summed E-state index contributed by atoms with van der Waals surface area (Å²) in [6.07, 6.45) is 3.38. The van der Waals surface area contributed by atoms with Crippen molar-refractivity contribution in [3.63, 3.8) is 0 Å². The van der Waals surface area contributed by atoms with Crippen LogP contribution in [-0.2, 0) is 0 Å². The fourth-order valence-electron chi connectivity index (χ4n) is 3.39. The Bertz CT molecular complexity index is 715. The second-order valence-corrected chi connectivity index (χ2v) is 7.08. The number of nitrogens with one attached hydrogen (secondary N) is 1. The Morgan fingerprint density at radius 1 is 1.22 bits per heavy atom. The highest BCUT2D eigenvalue weighted by atomic mass is 32.1. The van der Waals surface area contributed by atoms with Crippen molar-refractivity contribution in [1.29, 1.82) is 0 Å². The first-order chi connectivity index (χ1) is 11.2. The molecular formula is C17H18FN3OS. The summed E-state index contributed by atoms with van der Waals surface area (Å²) in [6.45, 7) is 1.55. The molecule has 0 radical (unpaired) electrons. The van der Waals surface area contributed by atoms with Crippen LogP contribution in [0.3, 0.4) is 0 Å². The topological polar surface area (TPSA) is 45.2 Å². The van der Waals surface area contributed by atoms with Crippen molar-refractivity contribution in [2.24, 2.45) is 0 Å². The van der Waals surface area contributed by atoms with E-state index in [0.717, 1.165) is 36.5 Å². The second-order valence-electron chi connectivity index (χ2n) is 6.22. The van der Waals surface area contributed by atoms with E-state index in [1.807, 2.05) is 4.90 Å². The maximum Gasteiger partial charge on any atom is 0.273 e.